The molecule has 2 aromatic rings. The van der Waals surface area contributed by atoms with Crippen LogP contribution in [0.3, 0.4) is 0 Å². The minimum absolute atomic E-state index is 0.0447. The highest BCUT2D eigenvalue weighted by Gasteiger charge is 2.14. The van der Waals surface area contributed by atoms with Crippen molar-refractivity contribution in [1.29, 1.82) is 0 Å². The van der Waals surface area contributed by atoms with Gasteiger partial charge in [0, 0.05) is 17.5 Å². The van der Waals surface area contributed by atoms with Gasteiger partial charge in [-0.2, -0.15) is 0 Å². The van der Waals surface area contributed by atoms with Crippen molar-refractivity contribution in [2.24, 2.45) is 0 Å². The molecular formula is C17H17NO4S. The van der Waals surface area contributed by atoms with Crippen LogP contribution in [-0.4, -0.2) is 25.6 Å². The fraction of sp³-hybridized carbons (Fsp3) is 0.235. The van der Waals surface area contributed by atoms with Crippen molar-refractivity contribution in [2.75, 3.05) is 25.0 Å². The first-order chi connectivity index (χ1) is 11.2. The number of hydrogen-bond donors (Lipinski definition) is 1. The van der Waals surface area contributed by atoms with Crippen LogP contribution in [0.2, 0.25) is 0 Å². The van der Waals surface area contributed by atoms with Gasteiger partial charge in [0.15, 0.2) is 11.5 Å². The first-order valence-electron chi connectivity index (χ1n) is 7.15. The normalized spacial score (nSPS) is 12.0. The standard InChI is InChI=1S/C17H17NO4S/c1-20-14-4-2-3-12(7-14)9-23-10-17(19)18-13-5-6-15-16(8-13)22-11-21-15/h2-8H,9-11H2,1H3,(H,18,19). The van der Waals surface area contributed by atoms with E-state index in [1.807, 2.05) is 24.3 Å². The molecule has 120 valence electrons. The van der Waals surface area contributed by atoms with Crippen molar-refractivity contribution in [3.63, 3.8) is 0 Å². The van der Waals surface area contributed by atoms with Crippen LogP contribution >= 0.6 is 11.8 Å². The van der Waals surface area contributed by atoms with Crippen molar-refractivity contribution >= 4 is 23.4 Å². The third kappa shape index (κ3) is 4.10. The second kappa shape index (κ2) is 7.28. The zero-order valence-corrected chi connectivity index (χ0v) is 13.5. The van der Waals surface area contributed by atoms with Gasteiger partial charge in [0.25, 0.3) is 0 Å². The van der Waals surface area contributed by atoms with Gasteiger partial charge in [0.2, 0.25) is 12.7 Å². The number of carbonyl (C=O) groups is 1. The smallest absolute Gasteiger partial charge is 0.234 e. The molecule has 3 rings (SSSR count). The molecule has 1 aliphatic rings. The molecule has 1 heterocycles. The van der Waals surface area contributed by atoms with Crippen LogP contribution in [0.5, 0.6) is 17.2 Å². The third-order valence-corrected chi connectivity index (χ3v) is 4.30. The van der Waals surface area contributed by atoms with E-state index in [2.05, 4.69) is 5.32 Å². The van der Waals surface area contributed by atoms with Gasteiger partial charge in [-0.3, -0.25) is 4.79 Å². The molecule has 1 aliphatic heterocycles. The maximum absolute atomic E-state index is 12.0. The van der Waals surface area contributed by atoms with E-state index in [-0.39, 0.29) is 12.7 Å². The molecule has 0 spiro atoms. The van der Waals surface area contributed by atoms with Crippen LogP contribution in [0.1, 0.15) is 5.56 Å². The highest BCUT2D eigenvalue weighted by Crippen LogP contribution is 2.34. The summed E-state index contributed by atoms with van der Waals surface area (Å²) < 4.78 is 15.7. The summed E-state index contributed by atoms with van der Waals surface area (Å²) in [5.74, 6) is 3.28. The molecule has 0 saturated carbocycles. The molecule has 0 atom stereocenters. The number of nitrogens with one attached hydrogen (secondary N) is 1. The summed E-state index contributed by atoms with van der Waals surface area (Å²) in [6, 6.07) is 13.2. The molecule has 5 nitrogen and oxygen atoms in total. The van der Waals surface area contributed by atoms with Crippen molar-refractivity contribution in [2.45, 2.75) is 5.75 Å². The lowest BCUT2D eigenvalue weighted by Gasteiger charge is -2.07. The van der Waals surface area contributed by atoms with E-state index in [0.717, 1.165) is 17.1 Å². The van der Waals surface area contributed by atoms with Crippen molar-refractivity contribution in [3.05, 3.63) is 48.0 Å². The van der Waals surface area contributed by atoms with Crippen LogP contribution < -0.4 is 19.5 Å². The summed E-state index contributed by atoms with van der Waals surface area (Å²) in [7, 11) is 1.64. The molecule has 0 bridgehead atoms. The Balaban J connectivity index is 1.48. The molecule has 1 amide bonds. The molecule has 0 aromatic heterocycles. The molecule has 0 fully saturated rings. The Hall–Kier alpha value is -2.34. The van der Waals surface area contributed by atoms with Gasteiger partial charge in [0.05, 0.1) is 12.9 Å². The number of rotatable bonds is 6. The van der Waals surface area contributed by atoms with E-state index in [4.69, 9.17) is 14.2 Å². The zero-order chi connectivity index (χ0) is 16.1. The lowest BCUT2D eigenvalue weighted by Crippen LogP contribution is -2.14. The molecule has 1 N–H and O–H groups in total. The highest BCUT2D eigenvalue weighted by molar-refractivity contribution is 7.99. The predicted octanol–water partition coefficient (Wildman–Crippen LogP) is 3.30. The van der Waals surface area contributed by atoms with Crippen LogP contribution in [0.15, 0.2) is 42.5 Å². The number of methoxy groups -OCH3 is 1. The average Bonchev–Trinajstić information content (AvgIpc) is 3.02. The Morgan fingerprint density at radius 1 is 1.22 bits per heavy atom. The fourth-order valence-electron chi connectivity index (χ4n) is 2.20. The lowest BCUT2D eigenvalue weighted by molar-refractivity contribution is -0.113. The van der Waals surface area contributed by atoms with E-state index in [0.29, 0.717) is 22.9 Å². The number of amides is 1. The molecule has 23 heavy (non-hydrogen) atoms. The van der Waals surface area contributed by atoms with Crippen molar-refractivity contribution in [3.8, 4) is 17.2 Å². The Labute approximate surface area is 138 Å². The number of benzene rings is 2. The number of ether oxygens (including phenoxy) is 3. The first kappa shape index (κ1) is 15.6. The van der Waals surface area contributed by atoms with E-state index < -0.39 is 0 Å². The predicted molar refractivity (Wildman–Crippen MR) is 90.4 cm³/mol. The summed E-state index contributed by atoms with van der Waals surface area (Å²) in [5.41, 5.74) is 1.84. The molecular weight excluding hydrogens is 314 g/mol. The number of fused-ring (bicyclic) bond motifs is 1. The monoisotopic (exact) mass is 331 g/mol. The molecule has 6 heteroatoms. The zero-order valence-electron chi connectivity index (χ0n) is 12.7. The van der Waals surface area contributed by atoms with E-state index >= 15 is 0 Å². The molecule has 0 radical (unpaired) electrons. The van der Waals surface area contributed by atoms with Gasteiger partial charge in [0.1, 0.15) is 5.75 Å². The number of anilines is 1. The van der Waals surface area contributed by atoms with E-state index in [1.165, 1.54) is 0 Å². The Morgan fingerprint density at radius 2 is 2.09 bits per heavy atom. The minimum Gasteiger partial charge on any atom is -0.497 e. The summed E-state index contributed by atoms with van der Waals surface area (Å²) in [4.78, 5) is 12.0. The van der Waals surface area contributed by atoms with E-state index in [9.17, 15) is 4.79 Å². The first-order valence-corrected chi connectivity index (χ1v) is 8.30. The summed E-state index contributed by atoms with van der Waals surface area (Å²) in [5, 5.41) is 2.86. The van der Waals surface area contributed by atoms with Gasteiger partial charge >= 0.3 is 0 Å². The maximum Gasteiger partial charge on any atom is 0.234 e. The van der Waals surface area contributed by atoms with Crippen LogP contribution in [-0.2, 0) is 10.5 Å². The molecule has 2 aromatic carbocycles. The second-order valence-corrected chi connectivity index (χ2v) is 5.95. The number of carbonyl (C=O) groups excluding carboxylic acids is 1. The van der Waals surface area contributed by atoms with E-state index in [1.54, 1.807) is 37.1 Å². The summed E-state index contributed by atoms with van der Waals surface area (Å²) in [6.07, 6.45) is 0. The molecule has 0 aliphatic carbocycles. The Kier molecular flexibility index (Phi) is 4.92. The Morgan fingerprint density at radius 3 is 2.96 bits per heavy atom. The SMILES string of the molecule is COc1cccc(CSCC(=O)Nc2ccc3c(c2)OCO3)c1. The van der Waals surface area contributed by atoms with Crippen molar-refractivity contribution < 1.29 is 19.0 Å². The molecule has 0 unspecified atom stereocenters. The quantitative estimate of drug-likeness (QED) is 0.880. The minimum atomic E-state index is -0.0447. The average molecular weight is 331 g/mol. The van der Waals surface area contributed by atoms with Gasteiger partial charge in [-0.15, -0.1) is 11.8 Å². The fourth-order valence-corrected chi connectivity index (χ4v) is 2.97. The third-order valence-electron chi connectivity index (χ3n) is 3.29. The summed E-state index contributed by atoms with van der Waals surface area (Å²) >= 11 is 1.55. The van der Waals surface area contributed by atoms with Gasteiger partial charge in [-0.05, 0) is 29.8 Å². The van der Waals surface area contributed by atoms with Crippen LogP contribution in [0.4, 0.5) is 5.69 Å². The molecule has 0 saturated heterocycles. The Bertz CT molecular complexity index is 705. The van der Waals surface area contributed by atoms with Gasteiger partial charge in [-0.25, -0.2) is 0 Å². The van der Waals surface area contributed by atoms with Crippen LogP contribution in [0.25, 0.3) is 0 Å². The number of hydrogen-bond acceptors (Lipinski definition) is 5. The van der Waals surface area contributed by atoms with Gasteiger partial charge in [-0.1, -0.05) is 12.1 Å². The maximum atomic E-state index is 12.0. The van der Waals surface area contributed by atoms with Crippen LogP contribution in [0, 0.1) is 0 Å². The summed E-state index contributed by atoms with van der Waals surface area (Å²) in [6.45, 7) is 0.225. The lowest BCUT2D eigenvalue weighted by atomic mass is 10.2. The number of thioether (sulfide) groups is 1. The second-order valence-electron chi connectivity index (χ2n) is 4.96. The van der Waals surface area contributed by atoms with Gasteiger partial charge < -0.3 is 19.5 Å². The highest BCUT2D eigenvalue weighted by atomic mass is 32.2. The topological polar surface area (TPSA) is 56.8 Å². The van der Waals surface area contributed by atoms with Crippen molar-refractivity contribution in [1.82, 2.24) is 0 Å². The largest absolute Gasteiger partial charge is 0.497 e.